The average Bonchev–Trinajstić information content (AvgIpc) is 2.53. The van der Waals surface area contributed by atoms with E-state index in [9.17, 15) is 9.50 Å². The first-order valence-corrected chi connectivity index (χ1v) is 6.56. The Morgan fingerprint density at radius 1 is 1.10 bits per heavy atom. The third-order valence-electron chi connectivity index (χ3n) is 3.39. The quantitative estimate of drug-likeness (QED) is 0.800. The van der Waals surface area contributed by atoms with Crippen molar-refractivity contribution in [2.75, 3.05) is 7.11 Å². The molecule has 3 nitrogen and oxygen atoms in total. The number of para-hydroxylation sites is 1. The standard InChI is InChI=1S/C17H14FNO2/c1-21-16-9-7-12(18)10-13(16)17(20)15-8-6-11-4-2-3-5-14(11)19-15/h2-10,17,20H,1H3. The Hall–Kier alpha value is -2.46. The predicted octanol–water partition coefficient (Wildman–Crippen LogP) is 3.46. The summed E-state index contributed by atoms with van der Waals surface area (Å²) in [5.41, 5.74) is 1.60. The summed E-state index contributed by atoms with van der Waals surface area (Å²) in [4.78, 5) is 4.43. The zero-order valence-electron chi connectivity index (χ0n) is 11.5. The van der Waals surface area contributed by atoms with Gasteiger partial charge in [-0.1, -0.05) is 24.3 Å². The summed E-state index contributed by atoms with van der Waals surface area (Å²) < 4.78 is 18.6. The molecule has 0 saturated carbocycles. The molecule has 1 aromatic heterocycles. The van der Waals surface area contributed by atoms with Crippen molar-refractivity contribution in [1.82, 2.24) is 4.98 Å². The molecule has 0 saturated heterocycles. The number of halogens is 1. The van der Waals surface area contributed by atoms with Crippen LogP contribution in [0.4, 0.5) is 4.39 Å². The number of ether oxygens (including phenoxy) is 1. The van der Waals surface area contributed by atoms with Gasteiger partial charge in [-0.15, -0.1) is 0 Å². The van der Waals surface area contributed by atoms with Crippen LogP contribution in [-0.2, 0) is 0 Å². The molecule has 3 rings (SSSR count). The molecular weight excluding hydrogens is 269 g/mol. The van der Waals surface area contributed by atoms with Crippen molar-refractivity contribution >= 4 is 10.9 Å². The van der Waals surface area contributed by atoms with Crippen LogP contribution in [0, 0.1) is 5.82 Å². The number of aliphatic hydroxyl groups excluding tert-OH is 1. The maximum Gasteiger partial charge on any atom is 0.125 e. The van der Waals surface area contributed by atoms with Crippen LogP contribution in [0.5, 0.6) is 5.75 Å². The van der Waals surface area contributed by atoms with E-state index in [4.69, 9.17) is 4.74 Å². The molecule has 0 bridgehead atoms. The molecule has 1 heterocycles. The molecule has 0 radical (unpaired) electrons. The number of pyridine rings is 1. The molecule has 1 N–H and O–H groups in total. The molecule has 2 aromatic carbocycles. The average molecular weight is 283 g/mol. The molecule has 3 aromatic rings. The van der Waals surface area contributed by atoms with Gasteiger partial charge < -0.3 is 9.84 Å². The first-order valence-electron chi connectivity index (χ1n) is 6.56. The molecular formula is C17H14FNO2. The van der Waals surface area contributed by atoms with E-state index < -0.39 is 11.9 Å². The third kappa shape index (κ3) is 2.58. The summed E-state index contributed by atoms with van der Waals surface area (Å²) in [5.74, 6) is 0.00416. The van der Waals surface area contributed by atoms with Gasteiger partial charge in [0.2, 0.25) is 0 Å². The van der Waals surface area contributed by atoms with Gasteiger partial charge in [-0.2, -0.15) is 0 Å². The second-order valence-corrected chi connectivity index (χ2v) is 4.72. The monoisotopic (exact) mass is 283 g/mol. The number of rotatable bonds is 3. The lowest BCUT2D eigenvalue weighted by atomic mass is 10.0. The molecule has 4 heteroatoms. The number of nitrogens with zero attached hydrogens (tertiary/aromatic N) is 1. The maximum atomic E-state index is 13.4. The fourth-order valence-corrected chi connectivity index (χ4v) is 2.31. The Morgan fingerprint density at radius 3 is 2.71 bits per heavy atom. The second-order valence-electron chi connectivity index (χ2n) is 4.72. The van der Waals surface area contributed by atoms with E-state index in [-0.39, 0.29) is 0 Å². The van der Waals surface area contributed by atoms with E-state index >= 15 is 0 Å². The van der Waals surface area contributed by atoms with E-state index in [0.717, 1.165) is 10.9 Å². The summed E-state index contributed by atoms with van der Waals surface area (Å²) in [6.07, 6.45) is -1.04. The van der Waals surface area contributed by atoms with Gasteiger partial charge in [0.15, 0.2) is 0 Å². The van der Waals surface area contributed by atoms with Gasteiger partial charge in [-0.25, -0.2) is 9.37 Å². The minimum Gasteiger partial charge on any atom is -0.496 e. The molecule has 1 atom stereocenters. The van der Waals surface area contributed by atoms with E-state index in [1.807, 2.05) is 30.3 Å². The van der Waals surface area contributed by atoms with Crippen LogP contribution in [0.25, 0.3) is 10.9 Å². The lowest BCUT2D eigenvalue weighted by Gasteiger charge is -2.15. The molecule has 0 amide bonds. The zero-order valence-corrected chi connectivity index (χ0v) is 11.5. The first-order chi connectivity index (χ1) is 10.2. The van der Waals surface area contributed by atoms with Gasteiger partial charge in [0.05, 0.1) is 18.3 Å². The fourth-order valence-electron chi connectivity index (χ4n) is 2.31. The van der Waals surface area contributed by atoms with E-state index in [1.165, 1.54) is 25.3 Å². The number of hydrogen-bond donors (Lipinski definition) is 1. The summed E-state index contributed by atoms with van der Waals surface area (Å²) >= 11 is 0. The van der Waals surface area contributed by atoms with Crippen molar-refractivity contribution in [3.05, 3.63) is 71.7 Å². The maximum absolute atomic E-state index is 13.4. The summed E-state index contributed by atoms with van der Waals surface area (Å²) in [7, 11) is 1.48. The summed E-state index contributed by atoms with van der Waals surface area (Å²) in [6.45, 7) is 0. The van der Waals surface area contributed by atoms with E-state index in [0.29, 0.717) is 17.0 Å². The van der Waals surface area contributed by atoms with Crippen molar-refractivity contribution in [2.45, 2.75) is 6.10 Å². The van der Waals surface area contributed by atoms with Gasteiger partial charge >= 0.3 is 0 Å². The van der Waals surface area contributed by atoms with Crippen LogP contribution in [0.3, 0.4) is 0 Å². The Labute approximate surface area is 121 Å². The number of fused-ring (bicyclic) bond motifs is 1. The number of hydrogen-bond acceptors (Lipinski definition) is 3. The van der Waals surface area contributed by atoms with Crippen LogP contribution in [0.15, 0.2) is 54.6 Å². The van der Waals surface area contributed by atoms with Crippen LogP contribution in [0.1, 0.15) is 17.4 Å². The highest BCUT2D eigenvalue weighted by Gasteiger charge is 2.18. The predicted molar refractivity (Wildman–Crippen MR) is 78.8 cm³/mol. The lowest BCUT2D eigenvalue weighted by Crippen LogP contribution is -2.05. The highest BCUT2D eigenvalue weighted by atomic mass is 19.1. The largest absolute Gasteiger partial charge is 0.496 e. The van der Waals surface area contributed by atoms with Crippen molar-refractivity contribution in [1.29, 1.82) is 0 Å². The topological polar surface area (TPSA) is 42.4 Å². The molecule has 0 fully saturated rings. The molecule has 0 aliphatic heterocycles. The Balaban J connectivity index is 2.07. The molecule has 21 heavy (non-hydrogen) atoms. The van der Waals surface area contributed by atoms with E-state index in [1.54, 1.807) is 6.07 Å². The van der Waals surface area contributed by atoms with Crippen molar-refractivity contribution in [3.63, 3.8) is 0 Å². The number of methoxy groups -OCH3 is 1. The number of benzene rings is 2. The van der Waals surface area contributed by atoms with Crippen LogP contribution in [-0.4, -0.2) is 17.2 Å². The fraction of sp³-hybridized carbons (Fsp3) is 0.118. The zero-order chi connectivity index (χ0) is 14.8. The Bertz CT molecular complexity index is 789. The van der Waals surface area contributed by atoms with Gasteiger partial charge in [0, 0.05) is 10.9 Å². The van der Waals surface area contributed by atoms with Crippen LogP contribution in [0.2, 0.25) is 0 Å². The van der Waals surface area contributed by atoms with Crippen LogP contribution >= 0.6 is 0 Å². The third-order valence-corrected chi connectivity index (χ3v) is 3.39. The second kappa shape index (κ2) is 5.50. The molecule has 106 valence electrons. The first kappa shape index (κ1) is 13.5. The van der Waals surface area contributed by atoms with E-state index in [2.05, 4.69) is 4.98 Å². The summed E-state index contributed by atoms with van der Waals surface area (Å²) in [6, 6.07) is 15.3. The SMILES string of the molecule is COc1ccc(F)cc1C(O)c1ccc2ccccc2n1. The van der Waals surface area contributed by atoms with Crippen molar-refractivity contribution in [3.8, 4) is 5.75 Å². The molecule has 1 unspecified atom stereocenters. The van der Waals surface area contributed by atoms with Gasteiger partial charge in [-0.3, -0.25) is 0 Å². The summed E-state index contributed by atoms with van der Waals surface area (Å²) in [5, 5.41) is 11.5. The van der Waals surface area contributed by atoms with Gasteiger partial charge in [0.25, 0.3) is 0 Å². The molecule has 0 aliphatic rings. The highest BCUT2D eigenvalue weighted by molar-refractivity contribution is 5.78. The molecule has 0 aliphatic carbocycles. The number of aliphatic hydroxyl groups is 1. The minimum absolute atomic E-state index is 0.361. The van der Waals surface area contributed by atoms with Gasteiger partial charge in [-0.05, 0) is 30.3 Å². The Kier molecular flexibility index (Phi) is 3.54. The van der Waals surface area contributed by atoms with Gasteiger partial charge in [0.1, 0.15) is 17.7 Å². The smallest absolute Gasteiger partial charge is 0.125 e. The van der Waals surface area contributed by atoms with Crippen molar-refractivity contribution < 1.29 is 14.2 Å². The molecule has 0 spiro atoms. The minimum atomic E-state index is -1.04. The van der Waals surface area contributed by atoms with Crippen molar-refractivity contribution in [2.24, 2.45) is 0 Å². The number of aromatic nitrogens is 1. The van der Waals surface area contributed by atoms with Crippen LogP contribution < -0.4 is 4.74 Å². The highest BCUT2D eigenvalue weighted by Crippen LogP contribution is 2.30. The normalized spacial score (nSPS) is 12.3. The Morgan fingerprint density at radius 2 is 1.90 bits per heavy atom. The lowest BCUT2D eigenvalue weighted by molar-refractivity contribution is 0.209.